The van der Waals surface area contributed by atoms with Gasteiger partial charge in [-0.15, -0.1) is 9.86 Å². The maximum Gasteiger partial charge on any atom is 0.416 e. The van der Waals surface area contributed by atoms with Crippen molar-refractivity contribution in [2.45, 2.75) is 12.2 Å². The highest BCUT2D eigenvalue weighted by atomic mass is 32.2. The third-order valence-electron chi connectivity index (χ3n) is 2.09. The molecule has 0 bridgehead atoms. The lowest BCUT2D eigenvalue weighted by molar-refractivity contribution is -0.137. The molecule has 0 saturated heterocycles. The summed E-state index contributed by atoms with van der Waals surface area (Å²) in [4.78, 5) is 0. The molecule has 1 rings (SSSR count). The van der Waals surface area contributed by atoms with Crippen LogP contribution in [0, 0.1) is 0 Å². The van der Waals surface area contributed by atoms with Crippen molar-refractivity contribution in [3.8, 4) is 0 Å². The summed E-state index contributed by atoms with van der Waals surface area (Å²) in [7, 11) is 0. The van der Waals surface area contributed by atoms with Crippen LogP contribution in [0.2, 0.25) is 0 Å². The van der Waals surface area contributed by atoms with Gasteiger partial charge in [0.25, 0.3) is 0 Å². The molecule has 2 atom stereocenters. The molecular formula is C9H12F3N3OS. The summed E-state index contributed by atoms with van der Waals surface area (Å²) in [5, 5.41) is 4.94. The largest absolute Gasteiger partial charge is 0.579 e. The number of nitrogens with two attached hydrogens (primary N) is 2. The van der Waals surface area contributed by atoms with Gasteiger partial charge in [-0.1, -0.05) is 12.1 Å². The minimum atomic E-state index is -4.40. The third-order valence-corrected chi connectivity index (χ3v) is 2.54. The molecule has 0 fully saturated rings. The van der Waals surface area contributed by atoms with E-state index >= 15 is 0 Å². The summed E-state index contributed by atoms with van der Waals surface area (Å²) in [6, 6.07) is 3.97. The van der Waals surface area contributed by atoms with Gasteiger partial charge in [0.2, 0.25) is 0 Å². The lowest BCUT2D eigenvalue weighted by Gasteiger charge is -2.14. The quantitative estimate of drug-likeness (QED) is 0.705. The second-order valence-corrected chi connectivity index (χ2v) is 4.26. The van der Waals surface area contributed by atoms with E-state index in [1.165, 1.54) is 12.1 Å². The van der Waals surface area contributed by atoms with Crippen LogP contribution in [-0.4, -0.2) is 11.1 Å². The molecule has 1 aromatic carbocycles. The van der Waals surface area contributed by atoms with Gasteiger partial charge in [-0.2, -0.15) is 13.2 Å². The van der Waals surface area contributed by atoms with Crippen molar-refractivity contribution in [2.75, 3.05) is 6.54 Å². The highest BCUT2D eigenvalue weighted by molar-refractivity contribution is 7.87. The number of rotatable bonds is 4. The smallest absolute Gasteiger partial charge is 0.416 e. The molecular weight excluding hydrogens is 255 g/mol. The predicted molar refractivity (Wildman–Crippen MR) is 58.7 cm³/mol. The Kier molecular flexibility index (Phi) is 4.78. The minimum Gasteiger partial charge on any atom is -0.579 e. The van der Waals surface area contributed by atoms with E-state index in [0.717, 1.165) is 12.1 Å². The number of benzene rings is 1. The van der Waals surface area contributed by atoms with E-state index in [1.54, 1.807) is 0 Å². The van der Waals surface area contributed by atoms with E-state index in [4.69, 9.17) is 10.9 Å². The Labute approximate surface area is 99.6 Å². The Morgan fingerprint density at radius 1 is 1.41 bits per heavy atom. The van der Waals surface area contributed by atoms with E-state index in [0.29, 0.717) is 5.56 Å². The van der Waals surface area contributed by atoms with Crippen molar-refractivity contribution in [3.63, 3.8) is 0 Å². The fraction of sp³-hybridized carbons (Fsp3) is 0.333. The molecule has 0 aliphatic rings. The molecule has 8 heteroatoms. The lowest BCUT2D eigenvalue weighted by Crippen LogP contribution is -2.36. The standard InChI is InChI=1S/C9H12F3N3OS/c10-9(11,12)7-3-1-2-6(4-7)8(13)5-15-17(14)16/h1-4,8,15H,5,13-14H2. The van der Waals surface area contributed by atoms with Gasteiger partial charge in [0.1, 0.15) is 11.5 Å². The Morgan fingerprint density at radius 3 is 2.59 bits per heavy atom. The number of halogens is 3. The van der Waals surface area contributed by atoms with Gasteiger partial charge in [0, 0.05) is 6.04 Å². The molecule has 0 heterocycles. The van der Waals surface area contributed by atoms with Gasteiger partial charge >= 0.3 is 6.18 Å². The fourth-order valence-electron chi connectivity index (χ4n) is 1.24. The van der Waals surface area contributed by atoms with Gasteiger partial charge in [-0.3, -0.25) is 0 Å². The van der Waals surface area contributed by atoms with Crippen LogP contribution in [-0.2, 0) is 17.7 Å². The Hall–Kier alpha value is -0.800. The fourth-order valence-corrected chi connectivity index (χ4v) is 1.58. The van der Waals surface area contributed by atoms with E-state index in [9.17, 15) is 17.7 Å². The van der Waals surface area contributed by atoms with E-state index in [-0.39, 0.29) is 6.54 Å². The summed E-state index contributed by atoms with van der Waals surface area (Å²) >= 11 is -1.73. The van der Waals surface area contributed by atoms with Crippen molar-refractivity contribution >= 4 is 11.5 Å². The maximum absolute atomic E-state index is 12.4. The average molecular weight is 267 g/mol. The van der Waals surface area contributed by atoms with Crippen LogP contribution >= 0.6 is 0 Å². The molecule has 96 valence electrons. The summed E-state index contributed by atoms with van der Waals surface area (Å²) < 4.78 is 50.2. The summed E-state index contributed by atoms with van der Waals surface area (Å²) in [5.41, 5.74) is 5.17. The second kappa shape index (κ2) is 5.69. The molecule has 2 unspecified atom stereocenters. The van der Waals surface area contributed by atoms with Crippen molar-refractivity contribution < 1.29 is 17.7 Å². The van der Waals surface area contributed by atoms with Gasteiger partial charge in [0.05, 0.1) is 12.1 Å². The molecule has 0 aromatic heterocycles. The van der Waals surface area contributed by atoms with Crippen LogP contribution < -0.4 is 15.6 Å². The molecule has 0 radical (unpaired) electrons. The van der Waals surface area contributed by atoms with Crippen LogP contribution in [0.1, 0.15) is 17.2 Å². The van der Waals surface area contributed by atoms with Crippen molar-refractivity contribution in [1.82, 2.24) is 4.72 Å². The molecule has 0 aliphatic carbocycles. The molecule has 0 amide bonds. The van der Waals surface area contributed by atoms with Crippen LogP contribution in [0.5, 0.6) is 0 Å². The van der Waals surface area contributed by atoms with Crippen LogP contribution in [0.15, 0.2) is 24.3 Å². The second-order valence-electron chi connectivity index (χ2n) is 3.38. The van der Waals surface area contributed by atoms with Crippen molar-refractivity contribution in [3.05, 3.63) is 35.4 Å². The molecule has 0 spiro atoms. The van der Waals surface area contributed by atoms with E-state index in [1.807, 2.05) is 0 Å². The summed E-state index contributed by atoms with van der Waals surface area (Å²) in [5.74, 6) is 0. The van der Waals surface area contributed by atoms with Crippen LogP contribution in [0.3, 0.4) is 0 Å². The van der Waals surface area contributed by atoms with Crippen molar-refractivity contribution in [2.24, 2.45) is 10.9 Å². The normalized spacial score (nSPS) is 15.6. The zero-order valence-corrected chi connectivity index (χ0v) is 9.52. The highest BCUT2D eigenvalue weighted by Gasteiger charge is 2.30. The van der Waals surface area contributed by atoms with Crippen molar-refractivity contribution in [1.29, 1.82) is 0 Å². The van der Waals surface area contributed by atoms with Gasteiger partial charge in [-0.05, 0) is 17.7 Å². The lowest BCUT2D eigenvalue weighted by atomic mass is 10.0. The number of hydrogen-bond acceptors (Lipinski definition) is 4. The molecule has 17 heavy (non-hydrogen) atoms. The molecule has 5 N–H and O–H groups in total. The first-order valence-electron chi connectivity index (χ1n) is 4.63. The average Bonchev–Trinajstić information content (AvgIpc) is 2.25. The zero-order valence-electron chi connectivity index (χ0n) is 8.70. The number of nitrogens with one attached hydrogen (secondary N) is 1. The first-order chi connectivity index (χ1) is 7.80. The Balaban J connectivity index is 2.77. The zero-order chi connectivity index (χ0) is 13.1. The topological polar surface area (TPSA) is 87.1 Å². The van der Waals surface area contributed by atoms with Gasteiger partial charge in [0.15, 0.2) is 0 Å². The number of alkyl halides is 3. The first-order valence-corrected chi connectivity index (χ1v) is 5.84. The third kappa shape index (κ3) is 4.52. The summed E-state index contributed by atoms with van der Waals surface area (Å²) in [6.07, 6.45) is -4.40. The van der Waals surface area contributed by atoms with E-state index in [2.05, 4.69) is 4.72 Å². The monoisotopic (exact) mass is 267 g/mol. The Morgan fingerprint density at radius 2 is 2.06 bits per heavy atom. The molecule has 0 aliphatic heterocycles. The molecule has 4 nitrogen and oxygen atoms in total. The highest BCUT2D eigenvalue weighted by Crippen LogP contribution is 2.30. The molecule has 1 aromatic rings. The predicted octanol–water partition coefficient (Wildman–Crippen LogP) is 0.832. The first kappa shape index (κ1) is 14.3. The van der Waals surface area contributed by atoms with Gasteiger partial charge < -0.3 is 10.3 Å². The molecule has 0 saturated carbocycles. The summed E-state index contributed by atoms with van der Waals surface area (Å²) in [6.45, 7) is 0.0322. The maximum atomic E-state index is 12.4. The van der Waals surface area contributed by atoms with Gasteiger partial charge in [-0.25, -0.2) is 0 Å². The Bertz CT molecular complexity index is 373. The number of hydrogen-bond donors (Lipinski definition) is 3. The SMILES string of the molecule is NC(CN[S+](N)[O-])c1cccc(C(F)(F)F)c1. The van der Waals surface area contributed by atoms with E-state index < -0.39 is 29.3 Å². The van der Waals surface area contributed by atoms with Crippen LogP contribution in [0.4, 0.5) is 13.2 Å². The van der Waals surface area contributed by atoms with Crippen LogP contribution in [0.25, 0.3) is 0 Å². The minimum absolute atomic E-state index is 0.0322.